The first-order valence-electron chi connectivity index (χ1n) is 6.95. The highest BCUT2D eigenvalue weighted by Crippen LogP contribution is 2.15. The van der Waals surface area contributed by atoms with Gasteiger partial charge in [0.25, 0.3) is 0 Å². The summed E-state index contributed by atoms with van der Waals surface area (Å²) < 4.78 is 0. The van der Waals surface area contributed by atoms with E-state index in [0.717, 1.165) is 12.0 Å². The summed E-state index contributed by atoms with van der Waals surface area (Å²) in [6, 6.07) is 1.43. The van der Waals surface area contributed by atoms with Crippen LogP contribution in [0, 0.1) is 5.92 Å². The lowest BCUT2D eigenvalue weighted by atomic mass is 9.94. The van der Waals surface area contributed by atoms with Gasteiger partial charge in [0.15, 0.2) is 0 Å². The van der Waals surface area contributed by atoms with E-state index in [-0.39, 0.29) is 0 Å². The van der Waals surface area contributed by atoms with Crippen LogP contribution < -0.4 is 5.32 Å². The zero-order valence-corrected chi connectivity index (χ0v) is 11.5. The first-order valence-corrected chi connectivity index (χ1v) is 6.95. The zero-order chi connectivity index (χ0) is 11.7. The molecule has 0 rings (SSSR count). The third-order valence-corrected chi connectivity index (χ3v) is 3.53. The van der Waals surface area contributed by atoms with Gasteiger partial charge < -0.3 is 5.32 Å². The minimum atomic E-state index is 0.683. The molecule has 0 aromatic rings. The van der Waals surface area contributed by atoms with Crippen LogP contribution >= 0.6 is 0 Å². The summed E-state index contributed by atoms with van der Waals surface area (Å²) >= 11 is 0. The SMILES string of the molecule is CCCC(CCC)NC(C)C(CC)CC. The first-order chi connectivity index (χ1) is 7.19. The average Bonchev–Trinajstić information content (AvgIpc) is 2.20. The number of hydrogen-bond acceptors (Lipinski definition) is 1. The van der Waals surface area contributed by atoms with E-state index < -0.39 is 0 Å². The second-order valence-corrected chi connectivity index (χ2v) is 4.81. The largest absolute Gasteiger partial charge is 0.311 e. The lowest BCUT2D eigenvalue weighted by molar-refractivity contribution is 0.303. The summed E-state index contributed by atoms with van der Waals surface area (Å²) in [5.41, 5.74) is 0. The van der Waals surface area contributed by atoms with Gasteiger partial charge in [-0.3, -0.25) is 0 Å². The van der Waals surface area contributed by atoms with Crippen LogP contribution in [0.3, 0.4) is 0 Å². The van der Waals surface area contributed by atoms with Gasteiger partial charge in [0.2, 0.25) is 0 Å². The van der Waals surface area contributed by atoms with Crippen LogP contribution in [0.5, 0.6) is 0 Å². The second-order valence-electron chi connectivity index (χ2n) is 4.81. The van der Waals surface area contributed by atoms with Crippen LogP contribution in [0.1, 0.15) is 73.1 Å². The van der Waals surface area contributed by atoms with Gasteiger partial charge in [-0.15, -0.1) is 0 Å². The minimum absolute atomic E-state index is 0.683. The second kappa shape index (κ2) is 9.21. The Labute approximate surface area is 97.0 Å². The highest BCUT2D eigenvalue weighted by molar-refractivity contribution is 4.75. The van der Waals surface area contributed by atoms with E-state index >= 15 is 0 Å². The molecular formula is C14H31N. The number of rotatable bonds is 9. The van der Waals surface area contributed by atoms with Crippen molar-refractivity contribution in [2.24, 2.45) is 5.92 Å². The van der Waals surface area contributed by atoms with Gasteiger partial charge in [-0.1, -0.05) is 53.4 Å². The van der Waals surface area contributed by atoms with Crippen molar-refractivity contribution >= 4 is 0 Å². The Kier molecular flexibility index (Phi) is 9.18. The molecule has 0 saturated carbocycles. The lowest BCUT2D eigenvalue weighted by Gasteiger charge is -2.28. The van der Waals surface area contributed by atoms with E-state index in [1.54, 1.807) is 0 Å². The summed E-state index contributed by atoms with van der Waals surface area (Å²) in [4.78, 5) is 0. The van der Waals surface area contributed by atoms with Gasteiger partial charge in [-0.05, 0) is 25.7 Å². The Bertz CT molecular complexity index is 123. The molecule has 0 aromatic carbocycles. The molecule has 0 heterocycles. The molecule has 0 aliphatic carbocycles. The smallest absolute Gasteiger partial charge is 0.00694 e. The average molecular weight is 213 g/mol. The fraction of sp³-hybridized carbons (Fsp3) is 1.00. The minimum Gasteiger partial charge on any atom is -0.311 e. The van der Waals surface area contributed by atoms with E-state index in [1.807, 2.05) is 0 Å². The summed E-state index contributed by atoms with van der Waals surface area (Å²) in [6.07, 6.45) is 7.86. The van der Waals surface area contributed by atoms with E-state index in [4.69, 9.17) is 0 Å². The number of nitrogens with one attached hydrogen (secondary N) is 1. The molecule has 1 N–H and O–H groups in total. The first kappa shape index (κ1) is 15.0. The summed E-state index contributed by atoms with van der Waals surface area (Å²) in [7, 11) is 0. The molecule has 0 spiro atoms. The van der Waals surface area contributed by atoms with Gasteiger partial charge >= 0.3 is 0 Å². The monoisotopic (exact) mass is 213 g/mol. The summed E-state index contributed by atoms with van der Waals surface area (Å²) in [6.45, 7) is 11.5. The normalized spacial score (nSPS) is 13.8. The Morgan fingerprint density at radius 2 is 1.33 bits per heavy atom. The van der Waals surface area contributed by atoms with Crippen LogP contribution in [-0.2, 0) is 0 Å². The third-order valence-electron chi connectivity index (χ3n) is 3.53. The maximum atomic E-state index is 3.82. The van der Waals surface area contributed by atoms with Crippen molar-refractivity contribution in [2.75, 3.05) is 0 Å². The molecule has 15 heavy (non-hydrogen) atoms. The molecule has 92 valence electrons. The van der Waals surface area contributed by atoms with Crippen molar-refractivity contribution in [3.63, 3.8) is 0 Å². The highest BCUT2D eigenvalue weighted by Gasteiger charge is 2.16. The molecule has 1 heteroatoms. The van der Waals surface area contributed by atoms with Gasteiger partial charge in [0.1, 0.15) is 0 Å². The fourth-order valence-corrected chi connectivity index (χ4v) is 2.51. The summed E-state index contributed by atoms with van der Waals surface area (Å²) in [5.74, 6) is 0.848. The molecular weight excluding hydrogens is 182 g/mol. The van der Waals surface area contributed by atoms with Crippen molar-refractivity contribution in [2.45, 2.75) is 85.2 Å². The van der Waals surface area contributed by atoms with Crippen LogP contribution in [0.15, 0.2) is 0 Å². The standard InChI is InChI=1S/C14H31N/c1-6-10-14(11-7-2)15-12(5)13(8-3)9-4/h12-15H,6-11H2,1-5H3. The molecule has 0 aromatic heterocycles. The molecule has 0 fully saturated rings. The Hall–Kier alpha value is -0.0400. The Morgan fingerprint density at radius 3 is 1.67 bits per heavy atom. The maximum absolute atomic E-state index is 3.82. The van der Waals surface area contributed by atoms with Crippen LogP contribution in [0.25, 0.3) is 0 Å². The molecule has 0 saturated heterocycles. The van der Waals surface area contributed by atoms with Gasteiger partial charge in [0.05, 0.1) is 0 Å². The van der Waals surface area contributed by atoms with Gasteiger partial charge in [-0.25, -0.2) is 0 Å². The van der Waals surface area contributed by atoms with Crippen molar-refractivity contribution in [3.05, 3.63) is 0 Å². The number of hydrogen-bond donors (Lipinski definition) is 1. The van der Waals surface area contributed by atoms with Gasteiger partial charge in [0, 0.05) is 12.1 Å². The quantitative estimate of drug-likeness (QED) is 0.600. The Balaban J connectivity index is 4.01. The molecule has 0 aliphatic heterocycles. The maximum Gasteiger partial charge on any atom is 0.00694 e. The van der Waals surface area contributed by atoms with Crippen molar-refractivity contribution in [3.8, 4) is 0 Å². The lowest BCUT2D eigenvalue weighted by Crippen LogP contribution is -2.40. The molecule has 0 aliphatic rings. The van der Waals surface area contributed by atoms with Crippen LogP contribution in [0.2, 0.25) is 0 Å². The zero-order valence-electron chi connectivity index (χ0n) is 11.5. The molecule has 1 atom stereocenters. The van der Waals surface area contributed by atoms with Crippen LogP contribution in [-0.4, -0.2) is 12.1 Å². The molecule has 0 amide bonds. The van der Waals surface area contributed by atoms with Crippen molar-refractivity contribution in [1.82, 2.24) is 5.32 Å². The third kappa shape index (κ3) is 6.19. The van der Waals surface area contributed by atoms with Crippen molar-refractivity contribution in [1.29, 1.82) is 0 Å². The van der Waals surface area contributed by atoms with Crippen molar-refractivity contribution < 1.29 is 0 Å². The van der Waals surface area contributed by atoms with E-state index in [2.05, 4.69) is 39.9 Å². The fourth-order valence-electron chi connectivity index (χ4n) is 2.51. The summed E-state index contributed by atoms with van der Waals surface area (Å²) in [5, 5.41) is 3.82. The molecule has 0 bridgehead atoms. The van der Waals surface area contributed by atoms with E-state index in [0.29, 0.717) is 6.04 Å². The van der Waals surface area contributed by atoms with Gasteiger partial charge in [-0.2, -0.15) is 0 Å². The Morgan fingerprint density at radius 1 is 0.867 bits per heavy atom. The van der Waals surface area contributed by atoms with Crippen LogP contribution in [0.4, 0.5) is 0 Å². The topological polar surface area (TPSA) is 12.0 Å². The molecule has 1 unspecified atom stereocenters. The predicted molar refractivity (Wildman–Crippen MR) is 70.3 cm³/mol. The molecule has 1 nitrogen and oxygen atoms in total. The predicted octanol–water partition coefficient (Wildman–Crippen LogP) is 4.37. The van der Waals surface area contributed by atoms with E-state index in [9.17, 15) is 0 Å². The highest BCUT2D eigenvalue weighted by atomic mass is 14.9. The van der Waals surface area contributed by atoms with E-state index in [1.165, 1.54) is 38.5 Å². The molecule has 0 radical (unpaired) electrons.